The van der Waals surface area contributed by atoms with Gasteiger partial charge in [-0.05, 0) is 60.9 Å². The number of nitrogens with zero attached hydrogens (tertiary/aromatic N) is 4. The molecule has 1 aliphatic carbocycles. The Morgan fingerprint density at radius 2 is 1.94 bits per heavy atom. The van der Waals surface area contributed by atoms with Gasteiger partial charge in [-0.25, -0.2) is 9.07 Å². The van der Waals surface area contributed by atoms with Crippen LogP contribution in [-0.2, 0) is 9.53 Å². The Kier molecular flexibility index (Phi) is 7.43. The Morgan fingerprint density at radius 1 is 1.17 bits per heavy atom. The largest absolute Gasteiger partial charge is 0.493 e. The van der Waals surface area contributed by atoms with E-state index in [4.69, 9.17) is 24.3 Å². The number of methoxy groups -OCH3 is 1. The molecule has 2 aliphatic rings. The normalized spacial score (nSPS) is 16.5. The van der Waals surface area contributed by atoms with Crippen LogP contribution in [0.5, 0.6) is 11.5 Å². The molecule has 1 saturated heterocycles. The number of aromatic nitrogens is 1. The second-order valence-electron chi connectivity index (χ2n) is 8.52. The first-order chi connectivity index (χ1) is 17.6. The van der Waals surface area contributed by atoms with Crippen molar-refractivity contribution < 1.29 is 23.4 Å². The van der Waals surface area contributed by atoms with Gasteiger partial charge >= 0.3 is 0 Å². The van der Waals surface area contributed by atoms with E-state index >= 15 is 0 Å². The van der Waals surface area contributed by atoms with Gasteiger partial charge in [-0.1, -0.05) is 0 Å². The molecular formula is C26H27FN4O4S. The highest BCUT2D eigenvalue weighted by atomic mass is 32.1. The van der Waals surface area contributed by atoms with Crippen LogP contribution in [0.4, 0.5) is 4.39 Å². The van der Waals surface area contributed by atoms with Crippen LogP contribution in [0.15, 0.2) is 57.9 Å². The van der Waals surface area contributed by atoms with Crippen LogP contribution in [-0.4, -0.2) is 67.8 Å². The molecular weight excluding hydrogens is 483 g/mol. The Bertz CT molecular complexity index is 1310. The Balaban J connectivity index is 1.35. The average molecular weight is 511 g/mol. The van der Waals surface area contributed by atoms with Gasteiger partial charge in [0.05, 0.1) is 38.3 Å². The SMILES string of the molecule is COc1cc(/C=N/n2c(-c3ccc(F)cc3)csc2=NC2CC2)ccc1OCC(=O)N1CCOCC1. The summed E-state index contributed by atoms with van der Waals surface area (Å²) >= 11 is 1.51. The van der Waals surface area contributed by atoms with Crippen molar-refractivity contribution in [3.05, 3.63) is 64.0 Å². The molecule has 188 valence electrons. The van der Waals surface area contributed by atoms with Crippen molar-refractivity contribution in [3.63, 3.8) is 0 Å². The first-order valence-electron chi connectivity index (χ1n) is 11.8. The maximum Gasteiger partial charge on any atom is 0.260 e. The highest BCUT2D eigenvalue weighted by Gasteiger charge is 2.21. The summed E-state index contributed by atoms with van der Waals surface area (Å²) in [7, 11) is 1.56. The van der Waals surface area contributed by atoms with E-state index < -0.39 is 0 Å². The van der Waals surface area contributed by atoms with E-state index in [9.17, 15) is 9.18 Å². The minimum Gasteiger partial charge on any atom is -0.493 e. The summed E-state index contributed by atoms with van der Waals surface area (Å²) in [6.07, 6.45) is 3.89. The molecule has 0 spiro atoms. The molecule has 1 amide bonds. The van der Waals surface area contributed by atoms with E-state index in [1.807, 2.05) is 11.4 Å². The van der Waals surface area contributed by atoms with Crippen LogP contribution >= 0.6 is 11.3 Å². The number of amides is 1. The third-order valence-corrected chi connectivity index (χ3v) is 6.72. The molecule has 2 heterocycles. The topological polar surface area (TPSA) is 77.7 Å². The molecule has 0 unspecified atom stereocenters. The smallest absolute Gasteiger partial charge is 0.260 e. The summed E-state index contributed by atoms with van der Waals surface area (Å²) in [6.45, 7) is 2.17. The first kappa shape index (κ1) is 24.2. The zero-order valence-corrected chi connectivity index (χ0v) is 20.7. The summed E-state index contributed by atoms with van der Waals surface area (Å²) in [6, 6.07) is 12.1. The number of thiazole rings is 1. The molecule has 0 atom stereocenters. The Labute approximate surface area is 212 Å². The quantitative estimate of drug-likeness (QED) is 0.435. The lowest BCUT2D eigenvalue weighted by molar-refractivity contribution is -0.137. The van der Waals surface area contributed by atoms with Gasteiger partial charge < -0.3 is 19.1 Å². The molecule has 2 fully saturated rings. The minimum absolute atomic E-state index is 0.0678. The third kappa shape index (κ3) is 5.83. The maximum atomic E-state index is 13.5. The van der Waals surface area contributed by atoms with Gasteiger partial charge in [0.1, 0.15) is 5.82 Å². The van der Waals surface area contributed by atoms with Crippen LogP contribution in [0, 0.1) is 5.82 Å². The number of hydrogen-bond acceptors (Lipinski definition) is 7. The van der Waals surface area contributed by atoms with Gasteiger partial charge in [0.15, 0.2) is 18.1 Å². The van der Waals surface area contributed by atoms with Crippen molar-refractivity contribution in [2.75, 3.05) is 40.0 Å². The molecule has 0 bridgehead atoms. The fourth-order valence-electron chi connectivity index (χ4n) is 3.73. The van der Waals surface area contributed by atoms with Crippen LogP contribution in [0.1, 0.15) is 18.4 Å². The van der Waals surface area contributed by atoms with Crippen LogP contribution in [0.25, 0.3) is 11.3 Å². The van der Waals surface area contributed by atoms with Crippen LogP contribution < -0.4 is 14.3 Å². The van der Waals surface area contributed by atoms with Crippen molar-refractivity contribution in [1.29, 1.82) is 0 Å². The van der Waals surface area contributed by atoms with E-state index in [1.165, 1.54) is 23.5 Å². The molecule has 1 aliphatic heterocycles. The number of hydrogen-bond donors (Lipinski definition) is 0. The molecule has 3 aromatic rings. The fourth-order valence-corrected chi connectivity index (χ4v) is 4.64. The van der Waals surface area contributed by atoms with Crippen molar-refractivity contribution in [2.24, 2.45) is 10.1 Å². The van der Waals surface area contributed by atoms with Gasteiger partial charge in [-0.3, -0.25) is 9.79 Å². The fraction of sp³-hybridized carbons (Fsp3) is 0.346. The van der Waals surface area contributed by atoms with Gasteiger partial charge in [0, 0.05) is 24.0 Å². The van der Waals surface area contributed by atoms with E-state index in [1.54, 1.807) is 47.2 Å². The first-order valence-corrected chi connectivity index (χ1v) is 12.7. The molecule has 1 aromatic heterocycles. The Morgan fingerprint density at radius 3 is 2.67 bits per heavy atom. The lowest BCUT2D eigenvalue weighted by atomic mass is 10.2. The Hall–Kier alpha value is -3.50. The molecule has 1 saturated carbocycles. The summed E-state index contributed by atoms with van der Waals surface area (Å²) < 4.78 is 31.8. The van der Waals surface area contributed by atoms with Crippen LogP contribution in [0.2, 0.25) is 0 Å². The molecule has 10 heteroatoms. The number of morpholine rings is 1. The monoisotopic (exact) mass is 510 g/mol. The predicted octanol–water partition coefficient (Wildman–Crippen LogP) is 3.55. The summed E-state index contributed by atoms with van der Waals surface area (Å²) in [4.78, 5) is 19.7. The second-order valence-corrected chi connectivity index (χ2v) is 9.36. The number of ether oxygens (including phenoxy) is 3. The van der Waals surface area contributed by atoms with Crippen molar-refractivity contribution in [3.8, 4) is 22.8 Å². The molecule has 36 heavy (non-hydrogen) atoms. The van der Waals surface area contributed by atoms with E-state index in [0.717, 1.165) is 34.5 Å². The number of rotatable bonds is 8. The zero-order valence-electron chi connectivity index (χ0n) is 19.9. The lowest BCUT2D eigenvalue weighted by Gasteiger charge is -2.26. The minimum atomic E-state index is -0.284. The van der Waals surface area contributed by atoms with E-state index in [0.29, 0.717) is 43.8 Å². The highest BCUT2D eigenvalue weighted by molar-refractivity contribution is 7.07. The standard InChI is InChI=1S/C26H27FN4O4S/c1-33-24-14-18(2-9-23(24)35-16-25(32)30-10-12-34-13-11-30)15-28-31-22(19-3-5-20(27)6-4-19)17-36-26(31)29-21-7-8-21/h2-6,9,14-15,17,21H,7-8,10-13,16H2,1H3/b28-15+,29-26?. The number of halogens is 1. The molecule has 2 aromatic carbocycles. The van der Waals surface area contributed by atoms with Gasteiger partial charge in [0.2, 0.25) is 4.80 Å². The third-order valence-electron chi connectivity index (χ3n) is 5.89. The molecule has 0 N–H and O–H groups in total. The summed E-state index contributed by atoms with van der Waals surface area (Å²) in [5.41, 5.74) is 2.48. The van der Waals surface area contributed by atoms with Crippen molar-refractivity contribution >= 4 is 23.5 Å². The van der Waals surface area contributed by atoms with E-state index in [-0.39, 0.29) is 18.3 Å². The molecule has 8 nitrogen and oxygen atoms in total. The summed E-state index contributed by atoms with van der Waals surface area (Å²) in [5.74, 6) is 0.620. The maximum absolute atomic E-state index is 13.5. The number of carbonyl (C=O) groups is 1. The van der Waals surface area contributed by atoms with Crippen molar-refractivity contribution in [1.82, 2.24) is 9.58 Å². The average Bonchev–Trinajstić information content (AvgIpc) is 3.65. The predicted molar refractivity (Wildman–Crippen MR) is 135 cm³/mol. The highest BCUT2D eigenvalue weighted by Crippen LogP contribution is 2.28. The lowest BCUT2D eigenvalue weighted by Crippen LogP contribution is -2.43. The van der Waals surface area contributed by atoms with Crippen LogP contribution in [0.3, 0.4) is 0 Å². The molecule has 5 rings (SSSR count). The van der Waals surface area contributed by atoms with Crippen molar-refractivity contribution in [2.45, 2.75) is 18.9 Å². The van der Waals surface area contributed by atoms with E-state index in [2.05, 4.69) is 0 Å². The van der Waals surface area contributed by atoms with Gasteiger partial charge in [-0.15, -0.1) is 11.3 Å². The number of carbonyl (C=O) groups excluding carboxylic acids is 1. The van der Waals surface area contributed by atoms with Gasteiger partial charge in [-0.2, -0.15) is 5.10 Å². The molecule has 0 radical (unpaired) electrons. The van der Waals surface area contributed by atoms with Gasteiger partial charge in [0.25, 0.3) is 5.91 Å². The number of benzene rings is 2. The summed E-state index contributed by atoms with van der Waals surface area (Å²) in [5, 5.41) is 6.68. The zero-order chi connectivity index (χ0) is 24.9. The second kappa shape index (κ2) is 11.0.